The van der Waals surface area contributed by atoms with E-state index in [1.807, 2.05) is 19.9 Å². The Morgan fingerprint density at radius 1 is 1.11 bits per heavy atom. The molecule has 0 saturated carbocycles. The molecule has 0 fully saturated rings. The van der Waals surface area contributed by atoms with Gasteiger partial charge in [0.2, 0.25) is 0 Å². The van der Waals surface area contributed by atoms with Crippen LogP contribution < -0.4 is 0 Å². The third kappa shape index (κ3) is 3.58. The van der Waals surface area contributed by atoms with E-state index >= 15 is 0 Å². The van der Waals surface area contributed by atoms with Crippen molar-refractivity contribution >= 4 is 17.3 Å². The number of nitro benzene ring substituents is 1. The van der Waals surface area contributed by atoms with E-state index in [1.54, 1.807) is 18.2 Å². The molecular weight excluding hydrogens is 350 g/mol. The van der Waals surface area contributed by atoms with Gasteiger partial charge in [-0.05, 0) is 62.6 Å². The van der Waals surface area contributed by atoms with E-state index < -0.39 is 4.92 Å². The minimum absolute atomic E-state index is 0.0283. The zero-order valence-corrected chi connectivity index (χ0v) is 16.4. The minimum Gasteiger partial charge on any atom is -0.318 e. The van der Waals surface area contributed by atoms with Gasteiger partial charge in [-0.3, -0.25) is 10.1 Å². The van der Waals surface area contributed by atoms with Crippen LogP contribution in [-0.2, 0) is 0 Å². The number of nitro groups is 1. The molecule has 0 aliphatic rings. The quantitative estimate of drug-likeness (QED) is 0.336. The molecule has 0 unspecified atom stereocenters. The highest BCUT2D eigenvalue weighted by atomic mass is 16.6. The molecule has 0 radical (unpaired) electrons. The number of nitrogens with zero attached hydrogens (tertiary/aromatic N) is 3. The van der Waals surface area contributed by atoms with Crippen LogP contribution >= 0.6 is 0 Å². The molecule has 0 saturated heterocycles. The molecule has 3 aromatic rings. The van der Waals surface area contributed by atoms with Crippen molar-refractivity contribution in [2.75, 3.05) is 0 Å². The second-order valence-corrected chi connectivity index (χ2v) is 6.93. The predicted molar refractivity (Wildman–Crippen MR) is 111 cm³/mol. The van der Waals surface area contributed by atoms with Crippen LogP contribution in [0.1, 0.15) is 33.6 Å². The summed E-state index contributed by atoms with van der Waals surface area (Å²) in [6.07, 6.45) is 1.79. The maximum absolute atomic E-state index is 11.0. The molecule has 1 aromatic heterocycles. The number of aryl methyl sites for hydroxylation is 3. The van der Waals surface area contributed by atoms with Crippen molar-refractivity contribution in [1.29, 1.82) is 5.26 Å². The van der Waals surface area contributed by atoms with Crippen LogP contribution in [0.2, 0.25) is 0 Å². The lowest BCUT2D eigenvalue weighted by molar-refractivity contribution is -0.384. The first-order chi connectivity index (χ1) is 13.3. The molecule has 1 heterocycles. The molecule has 0 amide bonds. The summed E-state index contributed by atoms with van der Waals surface area (Å²) in [7, 11) is 0. The van der Waals surface area contributed by atoms with E-state index in [0.717, 1.165) is 22.6 Å². The molecule has 0 atom stereocenters. The molecule has 5 nitrogen and oxygen atoms in total. The van der Waals surface area contributed by atoms with Gasteiger partial charge >= 0.3 is 0 Å². The van der Waals surface area contributed by atoms with E-state index in [1.165, 1.54) is 23.3 Å². The van der Waals surface area contributed by atoms with Gasteiger partial charge in [-0.1, -0.05) is 29.8 Å². The molecule has 0 aliphatic heterocycles. The molecule has 0 spiro atoms. The summed E-state index contributed by atoms with van der Waals surface area (Å²) in [5.74, 6) is 0. The Morgan fingerprint density at radius 3 is 2.50 bits per heavy atom. The lowest BCUT2D eigenvalue weighted by Crippen LogP contribution is -2.01. The minimum atomic E-state index is -0.454. The lowest BCUT2D eigenvalue weighted by Gasteiger charge is -2.13. The van der Waals surface area contributed by atoms with Crippen molar-refractivity contribution in [3.63, 3.8) is 0 Å². The molecule has 5 heteroatoms. The molecule has 3 rings (SSSR count). The number of non-ortho nitro benzene ring substituents is 1. The van der Waals surface area contributed by atoms with Crippen molar-refractivity contribution in [2.45, 2.75) is 27.7 Å². The fourth-order valence-electron chi connectivity index (χ4n) is 3.48. The molecule has 28 heavy (non-hydrogen) atoms. The highest BCUT2D eigenvalue weighted by Gasteiger charge is 2.14. The van der Waals surface area contributed by atoms with Crippen molar-refractivity contribution in [3.05, 3.63) is 92.3 Å². The Bertz CT molecular complexity index is 1150. The SMILES string of the molecule is Cc1ccc(-n2c(C)cc(C=C(C#N)c3cccc([N+](=O)[O-])c3)c2C)c(C)c1. The van der Waals surface area contributed by atoms with Gasteiger partial charge < -0.3 is 4.57 Å². The number of hydrogen-bond acceptors (Lipinski definition) is 3. The molecular formula is C23H21N3O2. The normalized spacial score (nSPS) is 11.3. The largest absolute Gasteiger partial charge is 0.318 e. The van der Waals surface area contributed by atoms with Gasteiger partial charge in [0, 0.05) is 29.2 Å². The van der Waals surface area contributed by atoms with Gasteiger partial charge in [-0.25, -0.2) is 0 Å². The average molecular weight is 371 g/mol. The first-order valence-corrected chi connectivity index (χ1v) is 8.95. The molecule has 0 N–H and O–H groups in total. The summed E-state index contributed by atoms with van der Waals surface area (Å²) >= 11 is 0. The van der Waals surface area contributed by atoms with Crippen molar-refractivity contribution in [3.8, 4) is 11.8 Å². The van der Waals surface area contributed by atoms with Gasteiger partial charge in [-0.15, -0.1) is 0 Å². The number of rotatable bonds is 4. The zero-order valence-electron chi connectivity index (χ0n) is 16.4. The fraction of sp³-hybridized carbons (Fsp3) is 0.174. The lowest BCUT2D eigenvalue weighted by atomic mass is 10.0. The van der Waals surface area contributed by atoms with E-state index in [-0.39, 0.29) is 5.69 Å². The van der Waals surface area contributed by atoms with Crippen molar-refractivity contribution < 1.29 is 4.92 Å². The molecule has 140 valence electrons. The second-order valence-electron chi connectivity index (χ2n) is 6.93. The van der Waals surface area contributed by atoms with Gasteiger partial charge in [0.05, 0.1) is 16.6 Å². The average Bonchev–Trinajstić information content (AvgIpc) is 2.93. The van der Waals surface area contributed by atoms with E-state index in [2.05, 4.69) is 42.7 Å². The van der Waals surface area contributed by atoms with Crippen molar-refractivity contribution in [2.24, 2.45) is 0 Å². The van der Waals surface area contributed by atoms with Crippen molar-refractivity contribution in [1.82, 2.24) is 4.57 Å². The highest BCUT2D eigenvalue weighted by Crippen LogP contribution is 2.28. The Morgan fingerprint density at radius 2 is 1.86 bits per heavy atom. The fourth-order valence-corrected chi connectivity index (χ4v) is 3.48. The monoisotopic (exact) mass is 371 g/mol. The number of nitriles is 1. The Balaban J connectivity index is 2.11. The van der Waals surface area contributed by atoms with E-state index in [9.17, 15) is 15.4 Å². The third-order valence-electron chi connectivity index (χ3n) is 4.85. The maximum Gasteiger partial charge on any atom is 0.270 e. The highest BCUT2D eigenvalue weighted by molar-refractivity contribution is 5.90. The number of allylic oxidation sites excluding steroid dienone is 1. The number of benzene rings is 2. The van der Waals surface area contributed by atoms with Crippen LogP contribution in [0, 0.1) is 49.1 Å². The first-order valence-electron chi connectivity index (χ1n) is 8.95. The summed E-state index contributed by atoms with van der Waals surface area (Å²) in [6.45, 7) is 8.20. The Kier molecular flexibility index (Phi) is 5.14. The summed E-state index contributed by atoms with van der Waals surface area (Å²) in [5.41, 5.74) is 7.39. The molecule has 0 bridgehead atoms. The van der Waals surface area contributed by atoms with Crippen LogP contribution in [0.25, 0.3) is 17.3 Å². The third-order valence-corrected chi connectivity index (χ3v) is 4.85. The first kappa shape index (κ1) is 19.1. The van der Waals surface area contributed by atoms with E-state index in [0.29, 0.717) is 11.1 Å². The topological polar surface area (TPSA) is 71.9 Å². The van der Waals surface area contributed by atoms with Crippen LogP contribution in [0.4, 0.5) is 5.69 Å². The van der Waals surface area contributed by atoms with Gasteiger partial charge in [-0.2, -0.15) is 5.26 Å². The predicted octanol–water partition coefficient (Wildman–Crippen LogP) is 5.68. The van der Waals surface area contributed by atoms with E-state index in [4.69, 9.17) is 0 Å². The van der Waals surface area contributed by atoms with Crippen LogP contribution in [-0.4, -0.2) is 9.49 Å². The molecule has 2 aromatic carbocycles. The number of hydrogen-bond donors (Lipinski definition) is 0. The maximum atomic E-state index is 11.0. The summed E-state index contributed by atoms with van der Waals surface area (Å²) < 4.78 is 2.17. The summed E-state index contributed by atoms with van der Waals surface area (Å²) in [6, 6.07) is 16.7. The van der Waals surface area contributed by atoms with Gasteiger partial charge in [0.25, 0.3) is 5.69 Å². The summed E-state index contributed by atoms with van der Waals surface area (Å²) in [4.78, 5) is 10.6. The van der Waals surface area contributed by atoms with Crippen LogP contribution in [0.15, 0.2) is 48.5 Å². The van der Waals surface area contributed by atoms with Crippen LogP contribution in [0.5, 0.6) is 0 Å². The van der Waals surface area contributed by atoms with Gasteiger partial charge in [0.15, 0.2) is 0 Å². The zero-order chi connectivity index (χ0) is 20.4. The summed E-state index contributed by atoms with van der Waals surface area (Å²) in [5, 5.41) is 20.7. The second kappa shape index (κ2) is 7.53. The standard InChI is InChI=1S/C23H21N3O2/c1-15-8-9-23(16(2)10-15)25-17(3)11-20(18(25)4)12-21(14-24)19-6-5-7-22(13-19)26(27)28/h5-13H,1-4H3. The number of aromatic nitrogens is 1. The Labute approximate surface area is 164 Å². The Hall–Kier alpha value is -3.65. The molecule has 0 aliphatic carbocycles. The van der Waals surface area contributed by atoms with Gasteiger partial charge in [0.1, 0.15) is 0 Å². The van der Waals surface area contributed by atoms with Crippen LogP contribution in [0.3, 0.4) is 0 Å². The smallest absolute Gasteiger partial charge is 0.270 e.